The Balaban J connectivity index is 0. The zero-order valence-electron chi connectivity index (χ0n) is 18.5. The summed E-state index contributed by atoms with van der Waals surface area (Å²) in [6.07, 6.45) is -0.416. The van der Waals surface area contributed by atoms with Crippen LogP contribution >= 0.6 is 0 Å². The molecule has 0 bridgehead atoms. The molecule has 0 heterocycles. The highest BCUT2D eigenvalue weighted by Gasteiger charge is 2.31. The standard InChI is InChI=1S/C22H38N2O3.2BrH/c1-7-24(8-2,16-20-12-10-9-11-13-20)18-21(25)17-23(5,6)14-15-27-22(26)19(3)4;;/h9-13,21,25H,3,7-8,14-18H2,1-2,4-6H3;2*1H/q+2;;/p-2. The number of carbonyl (C=O) groups is 1. The van der Waals surface area contributed by atoms with Gasteiger partial charge in [0.05, 0.1) is 27.2 Å². The number of ether oxygens (including phenoxy) is 1. The van der Waals surface area contributed by atoms with Gasteiger partial charge in [-0.15, -0.1) is 0 Å². The van der Waals surface area contributed by atoms with Crippen molar-refractivity contribution in [1.29, 1.82) is 0 Å². The molecule has 0 radical (unpaired) electrons. The van der Waals surface area contributed by atoms with Gasteiger partial charge in [-0.25, -0.2) is 4.79 Å². The molecule has 5 nitrogen and oxygen atoms in total. The van der Waals surface area contributed by atoms with E-state index in [9.17, 15) is 9.90 Å². The third kappa shape index (κ3) is 11.3. The first-order chi connectivity index (χ1) is 12.6. The molecular weight excluding hydrogens is 500 g/mol. The van der Waals surface area contributed by atoms with Crippen molar-refractivity contribution in [1.82, 2.24) is 0 Å². The van der Waals surface area contributed by atoms with E-state index in [1.54, 1.807) is 6.92 Å². The Morgan fingerprint density at radius 3 is 2.14 bits per heavy atom. The van der Waals surface area contributed by atoms with Crippen LogP contribution in [0.5, 0.6) is 0 Å². The average molecular weight is 538 g/mol. The Labute approximate surface area is 198 Å². The van der Waals surface area contributed by atoms with Crippen molar-refractivity contribution < 1.29 is 57.6 Å². The van der Waals surface area contributed by atoms with E-state index in [0.717, 1.165) is 30.7 Å². The van der Waals surface area contributed by atoms with Crippen LogP contribution in [-0.2, 0) is 16.1 Å². The molecule has 1 aromatic carbocycles. The zero-order valence-corrected chi connectivity index (χ0v) is 21.7. The SMILES string of the molecule is C=C(C)C(=O)OCC[N+](C)(C)CC(O)C[N+](CC)(CC)Cc1ccccc1.[Br-].[Br-]. The van der Waals surface area contributed by atoms with E-state index < -0.39 is 6.10 Å². The molecule has 0 saturated heterocycles. The predicted molar refractivity (Wildman–Crippen MR) is 110 cm³/mol. The third-order valence-corrected chi connectivity index (χ3v) is 5.28. The number of carbonyl (C=O) groups excluding carboxylic acids is 1. The van der Waals surface area contributed by atoms with Crippen molar-refractivity contribution in [3.05, 3.63) is 48.0 Å². The number of hydrogen-bond donors (Lipinski definition) is 1. The van der Waals surface area contributed by atoms with Crippen molar-refractivity contribution in [3.8, 4) is 0 Å². The van der Waals surface area contributed by atoms with Crippen molar-refractivity contribution in [2.24, 2.45) is 0 Å². The molecular formula is C22H38Br2N2O3. The summed E-state index contributed by atoms with van der Waals surface area (Å²) in [5, 5.41) is 10.8. The van der Waals surface area contributed by atoms with Gasteiger partial charge in [0, 0.05) is 11.1 Å². The number of hydrogen-bond acceptors (Lipinski definition) is 3. The molecule has 1 aromatic rings. The molecule has 0 amide bonds. The molecule has 1 unspecified atom stereocenters. The second kappa shape index (κ2) is 14.3. The Morgan fingerprint density at radius 2 is 1.66 bits per heavy atom. The maximum atomic E-state index is 11.5. The minimum atomic E-state index is -0.416. The van der Waals surface area contributed by atoms with Crippen LogP contribution in [0.3, 0.4) is 0 Å². The summed E-state index contributed by atoms with van der Waals surface area (Å²) >= 11 is 0. The van der Waals surface area contributed by atoms with Crippen molar-refractivity contribution in [2.45, 2.75) is 33.4 Å². The predicted octanol–water partition coefficient (Wildman–Crippen LogP) is -3.39. The van der Waals surface area contributed by atoms with Crippen LogP contribution in [0, 0.1) is 0 Å². The van der Waals surface area contributed by atoms with Gasteiger partial charge in [-0.1, -0.05) is 36.9 Å². The maximum Gasteiger partial charge on any atom is 0.333 e. The fourth-order valence-corrected chi connectivity index (χ4v) is 3.42. The molecule has 0 aliphatic heterocycles. The lowest BCUT2D eigenvalue weighted by molar-refractivity contribution is -0.947. The number of rotatable bonds is 12. The zero-order chi connectivity index (χ0) is 20.5. The Hall–Kier alpha value is -0.730. The minimum absolute atomic E-state index is 0. The number of likely N-dealkylation sites (N-methyl/N-ethyl adjacent to an activating group) is 2. The van der Waals surface area contributed by atoms with Crippen LogP contribution in [0.4, 0.5) is 0 Å². The van der Waals surface area contributed by atoms with Gasteiger partial charge in [-0.05, 0) is 20.8 Å². The molecule has 0 aliphatic carbocycles. The molecule has 7 heteroatoms. The summed E-state index contributed by atoms with van der Waals surface area (Å²) in [4.78, 5) is 11.5. The van der Waals surface area contributed by atoms with Crippen LogP contribution in [0.15, 0.2) is 42.5 Å². The highest BCUT2D eigenvalue weighted by molar-refractivity contribution is 5.86. The molecule has 1 N–H and O–H groups in total. The Kier molecular flexibility index (Phi) is 15.0. The van der Waals surface area contributed by atoms with E-state index in [1.165, 1.54) is 5.56 Å². The summed E-state index contributed by atoms with van der Waals surface area (Å²) in [5.74, 6) is -0.356. The van der Waals surface area contributed by atoms with Crippen LogP contribution in [0.25, 0.3) is 0 Å². The quantitative estimate of drug-likeness (QED) is 0.172. The number of quaternary nitrogens is 2. The second-order valence-electron chi connectivity index (χ2n) is 8.21. The fraction of sp³-hybridized carbons (Fsp3) is 0.591. The molecule has 0 aromatic heterocycles. The van der Waals surface area contributed by atoms with E-state index in [0.29, 0.717) is 29.8 Å². The Morgan fingerprint density at radius 1 is 1.10 bits per heavy atom. The summed E-state index contributed by atoms with van der Waals surface area (Å²) < 4.78 is 6.66. The van der Waals surface area contributed by atoms with Crippen LogP contribution in [0.2, 0.25) is 0 Å². The number of aliphatic hydroxyl groups excluding tert-OH is 1. The number of nitrogens with zero attached hydrogens (tertiary/aromatic N) is 2. The van der Waals surface area contributed by atoms with E-state index >= 15 is 0 Å². The summed E-state index contributed by atoms with van der Waals surface area (Å²) in [7, 11) is 4.11. The number of halogens is 2. The van der Waals surface area contributed by atoms with Gasteiger partial charge in [0.15, 0.2) is 6.10 Å². The smallest absolute Gasteiger partial charge is 0.333 e. The van der Waals surface area contributed by atoms with Crippen molar-refractivity contribution in [3.63, 3.8) is 0 Å². The number of esters is 1. The summed E-state index contributed by atoms with van der Waals surface area (Å²) in [6, 6.07) is 10.5. The molecule has 1 rings (SSSR count). The van der Waals surface area contributed by atoms with Gasteiger partial charge in [-0.2, -0.15) is 0 Å². The first-order valence-electron chi connectivity index (χ1n) is 9.85. The summed E-state index contributed by atoms with van der Waals surface area (Å²) in [6.45, 7) is 14.8. The average Bonchev–Trinajstić information content (AvgIpc) is 2.61. The van der Waals surface area contributed by atoms with Crippen LogP contribution < -0.4 is 34.0 Å². The molecule has 1 atom stereocenters. The monoisotopic (exact) mass is 536 g/mol. The molecule has 0 fully saturated rings. The van der Waals surface area contributed by atoms with Crippen molar-refractivity contribution in [2.75, 3.05) is 53.4 Å². The van der Waals surface area contributed by atoms with Gasteiger partial charge in [0.25, 0.3) is 0 Å². The lowest BCUT2D eigenvalue weighted by Gasteiger charge is -2.40. The van der Waals surface area contributed by atoms with Gasteiger partial charge < -0.3 is 52.8 Å². The van der Waals surface area contributed by atoms with Gasteiger partial charge in [0.1, 0.15) is 32.8 Å². The molecule has 29 heavy (non-hydrogen) atoms. The lowest BCUT2D eigenvalue weighted by atomic mass is 10.1. The molecule has 0 spiro atoms. The fourth-order valence-electron chi connectivity index (χ4n) is 3.42. The number of benzene rings is 1. The van der Waals surface area contributed by atoms with Crippen LogP contribution in [0.1, 0.15) is 26.3 Å². The first-order valence-corrected chi connectivity index (χ1v) is 9.85. The first kappa shape index (κ1) is 30.5. The third-order valence-electron chi connectivity index (χ3n) is 5.28. The van der Waals surface area contributed by atoms with E-state index in [-0.39, 0.29) is 39.9 Å². The van der Waals surface area contributed by atoms with Crippen LogP contribution in [-0.4, -0.2) is 79.6 Å². The lowest BCUT2D eigenvalue weighted by Crippen LogP contribution is -3.00. The highest BCUT2D eigenvalue weighted by Crippen LogP contribution is 2.16. The normalized spacial score (nSPS) is 12.3. The van der Waals surface area contributed by atoms with E-state index in [1.807, 2.05) is 6.07 Å². The highest BCUT2D eigenvalue weighted by atomic mass is 79.9. The second-order valence-corrected chi connectivity index (χ2v) is 8.21. The molecule has 168 valence electrons. The maximum absolute atomic E-state index is 11.5. The topological polar surface area (TPSA) is 46.5 Å². The molecule has 0 saturated carbocycles. The van der Waals surface area contributed by atoms with E-state index in [2.05, 4.69) is 58.8 Å². The van der Waals surface area contributed by atoms with Gasteiger partial charge >= 0.3 is 5.97 Å². The Bertz CT molecular complexity index is 605. The van der Waals surface area contributed by atoms with E-state index in [4.69, 9.17) is 4.74 Å². The minimum Gasteiger partial charge on any atom is -1.00 e. The van der Waals surface area contributed by atoms with Crippen molar-refractivity contribution >= 4 is 5.97 Å². The number of aliphatic hydroxyl groups is 1. The molecule has 0 aliphatic rings. The largest absolute Gasteiger partial charge is 1.00 e. The van der Waals surface area contributed by atoms with Gasteiger partial charge in [0.2, 0.25) is 0 Å². The summed E-state index contributed by atoms with van der Waals surface area (Å²) in [5.41, 5.74) is 1.71. The van der Waals surface area contributed by atoms with Gasteiger partial charge in [-0.3, -0.25) is 0 Å².